The highest BCUT2D eigenvalue weighted by Gasteiger charge is 2.05. The summed E-state index contributed by atoms with van der Waals surface area (Å²) in [6, 6.07) is 6.06. The van der Waals surface area contributed by atoms with Crippen molar-refractivity contribution in [3.05, 3.63) is 41.3 Å². The molecule has 0 radical (unpaired) electrons. The van der Waals surface area contributed by atoms with Crippen LogP contribution in [0.1, 0.15) is 0 Å². The predicted octanol–water partition coefficient (Wildman–Crippen LogP) is 3.13. The molecule has 0 spiro atoms. The molecule has 0 aliphatic rings. The summed E-state index contributed by atoms with van der Waals surface area (Å²) >= 11 is 5.59. The second kappa shape index (κ2) is 3.18. The molecule has 2 rings (SSSR count). The topological polar surface area (TPSA) is 26.0 Å². The van der Waals surface area contributed by atoms with Gasteiger partial charge in [0.15, 0.2) is 5.76 Å². The maximum absolute atomic E-state index is 12.8. The quantitative estimate of drug-likeness (QED) is 0.702. The Morgan fingerprint density at radius 1 is 1.31 bits per heavy atom. The molecule has 1 aromatic heterocycles. The standard InChI is InChI=1S/C9H5ClFNO/c10-7-5-6(1-2-8(7)11)9-3-4-12-13-9/h1-5H. The summed E-state index contributed by atoms with van der Waals surface area (Å²) < 4.78 is 17.6. The maximum Gasteiger partial charge on any atom is 0.166 e. The average Bonchev–Trinajstić information content (AvgIpc) is 2.62. The van der Waals surface area contributed by atoms with Crippen molar-refractivity contribution >= 4 is 11.6 Å². The zero-order valence-corrected chi connectivity index (χ0v) is 7.25. The van der Waals surface area contributed by atoms with E-state index in [4.69, 9.17) is 16.1 Å². The minimum Gasteiger partial charge on any atom is -0.356 e. The van der Waals surface area contributed by atoms with E-state index in [-0.39, 0.29) is 5.02 Å². The molecule has 0 atom stereocenters. The van der Waals surface area contributed by atoms with Gasteiger partial charge in [0, 0.05) is 11.6 Å². The van der Waals surface area contributed by atoms with E-state index < -0.39 is 5.82 Å². The van der Waals surface area contributed by atoms with Gasteiger partial charge in [0.1, 0.15) is 5.82 Å². The van der Waals surface area contributed by atoms with Gasteiger partial charge >= 0.3 is 0 Å². The number of aromatic nitrogens is 1. The molecule has 4 heteroatoms. The lowest BCUT2D eigenvalue weighted by atomic mass is 10.2. The molecule has 0 saturated heterocycles. The Balaban J connectivity index is 2.49. The van der Waals surface area contributed by atoms with E-state index in [9.17, 15) is 4.39 Å². The van der Waals surface area contributed by atoms with Crippen molar-refractivity contribution in [2.75, 3.05) is 0 Å². The SMILES string of the molecule is Fc1ccc(-c2ccno2)cc1Cl. The van der Waals surface area contributed by atoms with Crippen LogP contribution in [0.15, 0.2) is 35.0 Å². The largest absolute Gasteiger partial charge is 0.356 e. The lowest BCUT2D eigenvalue weighted by Gasteiger charge is -1.96. The third-order valence-electron chi connectivity index (χ3n) is 1.64. The first-order valence-corrected chi connectivity index (χ1v) is 4.01. The summed E-state index contributed by atoms with van der Waals surface area (Å²) in [5, 5.41) is 3.62. The fourth-order valence-corrected chi connectivity index (χ4v) is 1.19. The van der Waals surface area contributed by atoms with E-state index in [2.05, 4.69) is 5.16 Å². The molecule has 0 amide bonds. The molecular formula is C9H5ClFNO. The average molecular weight is 198 g/mol. The molecule has 0 unspecified atom stereocenters. The summed E-state index contributed by atoms with van der Waals surface area (Å²) in [4.78, 5) is 0. The first-order chi connectivity index (χ1) is 6.27. The Hall–Kier alpha value is -1.35. The van der Waals surface area contributed by atoms with E-state index in [0.717, 1.165) is 0 Å². The molecule has 1 heterocycles. The predicted molar refractivity (Wildman–Crippen MR) is 46.9 cm³/mol. The summed E-state index contributed by atoms with van der Waals surface area (Å²) in [6.07, 6.45) is 1.52. The summed E-state index contributed by atoms with van der Waals surface area (Å²) in [5.74, 6) is 0.131. The second-order valence-corrected chi connectivity index (χ2v) is 2.91. The van der Waals surface area contributed by atoms with Crippen LogP contribution in [-0.2, 0) is 0 Å². The fourth-order valence-electron chi connectivity index (χ4n) is 1.01. The van der Waals surface area contributed by atoms with Gasteiger partial charge in [-0.2, -0.15) is 0 Å². The van der Waals surface area contributed by atoms with Gasteiger partial charge in [0.05, 0.1) is 11.2 Å². The molecule has 0 aliphatic heterocycles. The summed E-state index contributed by atoms with van der Waals surface area (Å²) in [6.45, 7) is 0. The van der Waals surface area contributed by atoms with Gasteiger partial charge in [0.2, 0.25) is 0 Å². The van der Waals surface area contributed by atoms with Crippen LogP contribution in [0.2, 0.25) is 5.02 Å². The Kier molecular flexibility index (Phi) is 2.02. The fraction of sp³-hybridized carbons (Fsp3) is 0. The third kappa shape index (κ3) is 1.55. The van der Waals surface area contributed by atoms with E-state index >= 15 is 0 Å². The highest BCUT2D eigenvalue weighted by atomic mass is 35.5. The van der Waals surface area contributed by atoms with Crippen LogP contribution in [0.3, 0.4) is 0 Å². The molecule has 0 N–H and O–H groups in total. The van der Waals surface area contributed by atoms with Gasteiger partial charge in [0.25, 0.3) is 0 Å². The minimum atomic E-state index is -0.440. The van der Waals surface area contributed by atoms with E-state index in [1.807, 2.05) is 0 Å². The van der Waals surface area contributed by atoms with Crippen LogP contribution in [0.25, 0.3) is 11.3 Å². The zero-order chi connectivity index (χ0) is 9.26. The molecule has 2 nitrogen and oxygen atoms in total. The lowest BCUT2D eigenvalue weighted by Crippen LogP contribution is -1.78. The van der Waals surface area contributed by atoms with Gasteiger partial charge in [-0.05, 0) is 18.2 Å². The molecule has 13 heavy (non-hydrogen) atoms. The first kappa shape index (κ1) is 8.26. The highest BCUT2D eigenvalue weighted by Crippen LogP contribution is 2.24. The highest BCUT2D eigenvalue weighted by molar-refractivity contribution is 6.31. The number of halogens is 2. The van der Waals surface area contributed by atoms with Crippen molar-refractivity contribution < 1.29 is 8.91 Å². The molecule has 0 fully saturated rings. The van der Waals surface area contributed by atoms with Crippen LogP contribution in [-0.4, -0.2) is 5.16 Å². The molecular weight excluding hydrogens is 193 g/mol. The van der Waals surface area contributed by atoms with Crippen LogP contribution in [0.4, 0.5) is 4.39 Å². The van der Waals surface area contributed by atoms with Crippen molar-refractivity contribution in [2.45, 2.75) is 0 Å². The molecule has 0 bridgehead atoms. The van der Waals surface area contributed by atoms with E-state index in [0.29, 0.717) is 11.3 Å². The van der Waals surface area contributed by atoms with Gasteiger partial charge in [-0.1, -0.05) is 16.8 Å². The Morgan fingerprint density at radius 3 is 2.77 bits per heavy atom. The van der Waals surface area contributed by atoms with E-state index in [1.54, 1.807) is 12.1 Å². The van der Waals surface area contributed by atoms with Crippen molar-refractivity contribution in [2.24, 2.45) is 0 Å². The normalized spacial score (nSPS) is 10.3. The van der Waals surface area contributed by atoms with Crippen LogP contribution in [0, 0.1) is 5.82 Å². The molecule has 66 valence electrons. The van der Waals surface area contributed by atoms with Crippen molar-refractivity contribution in [3.63, 3.8) is 0 Å². The van der Waals surface area contributed by atoms with Gasteiger partial charge in [-0.25, -0.2) is 4.39 Å². The minimum absolute atomic E-state index is 0.0777. The lowest BCUT2D eigenvalue weighted by molar-refractivity contribution is 0.432. The number of hydrogen-bond donors (Lipinski definition) is 0. The maximum atomic E-state index is 12.8. The number of hydrogen-bond acceptors (Lipinski definition) is 2. The summed E-state index contributed by atoms with van der Waals surface area (Å²) in [5.41, 5.74) is 0.712. The smallest absolute Gasteiger partial charge is 0.166 e. The van der Waals surface area contributed by atoms with Crippen LogP contribution in [0.5, 0.6) is 0 Å². The van der Waals surface area contributed by atoms with Crippen LogP contribution >= 0.6 is 11.6 Å². The number of benzene rings is 1. The van der Waals surface area contributed by atoms with Crippen LogP contribution < -0.4 is 0 Å². The molecule has 0 aliphatic carbocycles. The monoisotopic (exact) mass is 197 g/mol. The summed E-state index contributed by atoms with van der Waals surface area (Å²) in [7, 11) is 0. The third-order valence-corrected chi connectivity index (χ3v) is 1.93. The molecule has 1 aromatic carbocycles. The van der Waals surface area contributed by atoms with Gasteiger partial charge < -0.3 is 4.52 Å². The van der Waals surface area contributed by atoms with Gasteiger partial charge in [-0.15, -0.1) is 0 Å². The number of rotatable bonds is 1. The molecule has 2 aromatic rings. The Morgan fingerprint density at radius 2 is 2.15 bits per heavy atom. The van der Waals surface area contributed by atoms with Crippen molar-refractivity contribution in [1.29, 1.82) is 0 Å². The van der Waals surface area contributed by atoms with Gasteiger partial charge in [-0.3, -0.25) is 0 Å². The Labute approximate surface area is 78.9 Å². The second-order valence-electron chi connectivity index (χ2n) is 2.51. The Bertz CT molecular complexity index is 414. The zero-order valence-electron chi connectivity index (χ0n) is 6.50. The van der Waals surface area contributed by atoms with E-state index in [1.165, 1.54) is 18.3 Å². The molecule has 0 saturated carbocycles. The van der Waals surface area contributed by atoms with Crippen molar-refractivity contribution in [1.82, 2.24) is 5.16 Å². The first-order valence-electron chi connectivity index (χ1n) is 3.63. The van der Waals surface area contributed by atoms with Crippen molar-refractivity contribution in [3.8, 4) is 11.3 Å². The number of nitrogens with zero attached hydrogens (tertiary/aromatic N) is 1.